The number of amides is 2. The van der Waals surface area contributed by atoms with Gasteiger partial charge in [0, 0.05) is 41.7 Å². The molecule has 1 aliphatic rings. The lowest BCUT2D eigenvalue weighted by Gasteiger charge is -2.25. The maximum absolute atomic E-state index is 11.8. The van der Waals surface area contributed by atoms with E-state index in [1.165, 1.54) is 10.1 Å². The number of para-hydroxylation sites is 1. The molecule has 2 amide bonds. The minimum atomic E-state index is -0.340. The van der Waals surface area contributed by atoms with Gasteiger partial charge < -0.3 is 4.74 Å². The molecule has 0 unspecified atom stereocenters. The van der Waals surface area contributed by atoms with Crippen LogP contribution in [0.2, 0.25) is 5.02 Å². The van der Waals surface area contributed by atoms with Gasteiger partial charge in [0.25, 0.3) is 0 Å². The first-order chi connectivity index (χ1) is 13.5. The molecule has 0 bridgehead atoms. The van der Waals surface area contributed by atoms with Gasteiger partial charge >= 0.3 is 6.03 Å². The molecular weight excluding hydrogens is 403 g/mol. The Balaban J connectivity index is 1.49. The van der Waals surface area contributed by atoms with Crippen molar-refractivity contribution in [3.05, 3.63) is 71.4 Å². The number of nitrogens with zero attached hydrogens (tertiary/aromatic N) is 5. The molecule has 1 aromatic heterocycles. The first kappa shape index (κ1) is 18.4. The number of aromatic nitrogens is 2. The first-order valence-corrected chi connectivity index (χ1v) is 9.07. The van der Waals surface area contributed by atoms with Crippen LogP contribution in [0.3, 0.4) is 0 Å². The molecule has 1 fully saturated rings. The monoisotopic (exact) mass is 418 g/mol. The van der Waals surface area contributed by atoms with Crippen LogP contribution in [0.25, 0.3) is 5.69 Å². The van der Waals surface area contributed by atoms with Gasteiger partial charge in [-0.15, -0.1) is 5.10 Å². The third-order valence-corrected chi connectivity index (χ3v) is 4.79. The normalized spacial score (nSPS) is 14.5. The zero-order valence-corrected chi connectivity index (χ0v) is 16.3. The van der Waals surface area contributed by atoms with E-state index < -0.39 is 0 Å². The van der Waals surface area contributed by atoms with Crippen LogP contribution in [0.1, 0.15) is 5.56 Å². The molecule has 0 aliphatic carbocycles. The van der Waals surface area contributed by atoms with Crippen LogP contribution in [0.4, 0.5) is 10.5 Å². The van der Waals surface area contributed by atoms with Gasteiger partial charge in [-0.25, -0.2) is 19.9 Å². The molecule has 28 heavy (non-hydrogen) atoms. The molecule has 2 aromatic carbocycles. The third kappa shape index (κ3) is 3.57. The van der Waals surface area contributed by atoms with E-state index >= 15 is 0 Å². The SMILES string of the molecule is CN1C(=O)NN(c2ccccc2COc2ccn(-c3ccc(Cl)cc3)n2)N1Cl. The summed E-state index contributed by atoms with van der Waals surface area (Å²) in [6.45, 7) is 0.245. The topological polar surface area (TPSA) is 65.9 Å². The highest BCUT2D eigenvalue weighted by atomic mass is 35.5. The third-order valence-electron chi connectivity index (χ3n) is 4.16. The highest BCUT2D eigenvalue weighted by Gasteiger charge is 2.33. The van der Waals surface area contributed by atoms with Gasteiger partial charge in [0.2, 0.25) is 5.88 Å². The van der Waals surface area contributed by atoms with Crippen LogP contribution < -0.4 is 15.3 Å². The summed E-state index contributed by atoms with van der Waals surface area (Å²) in [5.41, 5.74) is 5.05. The van der Waals surface area contributed by atoms with Crippen LogP contribution >= 0.6 is 23.4 Å². The van der Waals surface area contributed by atoms with Crippen molar-refractivity contribution < 1.29 is 9.53 Å². The molecule has 0 saturated carbocycles. The highest BCUT2D eigenvalue weighted by molar-refractivity contribution is 6.30. The largest absolute Gasteiger partial charge is 0.472 e. The molecule has 0 spiro atoms. The van der Waals surface area contributed by atoms with E-state index in [4.69, 9.17) is 28.1 Å². The van der Waals surface area contributed by atoms with E-state index in [2.05, 4.69) is 10.5 Å². The summed E-state index contributed by atoms with van der Waals surface area (Å²) < 4.78 is 8.70. The standard InChI is InChI=1S/C18H16Cl2N6O2/c1-23-18(27)22-25(26(23)20)16-5-3-2-4-13(16)12-28-17-10-11-24(21-17)15-8-6-14(19)7-9-15/h2-11H,12H2,1H3,(H,22,27). The molecular formula is C18H16Cl2N6O2. The number of carbonyl (C=O) groups is 1. The average Bonchev–Trinajstić information content (AvgIpc) is 3.28. The van der Waals surface area contributed by atoms with Crippen molar-refractivity contribution in [3.63, 3.8) is 0 Å². The minimum absolute atomic E-state index is 0.245. The Bertz CT molecular complexity index is 994. The fourth-order valence-electron chi connectivity index (χ4n) is 2.68. The van der Waals surface area contributed by atoms with Crippen molar-refractivity contribution in [2.24, 2.45) is 0 Å². The van der Waals surface area contributed by atoms with E-state index in [1.807, 2.05) is 36.4 Å². The van der Waals surface area contributed by atoms with Crippen LogP contribution in [0, 0.1) is 0 Å². The predicted molar refractivity (Wildman–Crippen MR) is 106 cm³/mol. The Labute approximate surface area is 171 Å². The van der Waals surface area contributed by atoms with Crippen LogP contribution in [0.15, 0.2) is 60.8 Å². The Kier molecular flexibility index (Phi) is 4.99. The Morgan fingerprint density at radius 2 is 1.86 bits per heavy atom. The number of benzene rings is 2. The summed E-state index contributed by atoms with van der Waals surface area (Å²) >= 11 is 12.1. The number of nitrogens with one attached hydrogen (secondary N) is 1. The molecule has 144 valence electrons. The Morgan fingerprint density at radius 1 is 1.11 bits per heavy atom. The highest BCUT2D eigenvalue weighted by Crippen LogP contribution is 2.26. The fraction of sp³-hybridized carbons (Fsp3) is 0.111. The molecule has 1 saturated heterocycles. The fourth-order valence-corrected chi connectivity index (χ4v) is 2.99. The molecule has 1 N–H and O–H groups in total. The zero-order valence-electron chi connectivity index (χ0n) is 14.8. The van der Waals surface area contributed by atoms with Crippen LogP contribution in [-0.2, 0) is 6.61 Å². The molecule has 10 heteroatoms. The number of urea groups is 1. The number of carbonyl (C=O) groups excluding carboxylic acids is 1. The van der Waals surface area contributed by atoms with E-state index in [-0.39, 0.29) is 12.6 Å². The lowest BCUT2D eigenvalue weighted by Crippen LogP contribution is -2.39. The van der Waals surface area contributed by atoms with Crippen molar-refractivity contribution in [1.82, 2.24) is 24.9 Å². The zero-order chi connectivity index (χ0) is 19.7. The summed E-state index contributed by atoms with van der Waals surface area (Å²) in [5.74, 6) is 0.468. The summed E-state index contributed by atoms with van der Waals surface area (Å²) in [6, 6.07) is 16.2. The summed E-state index contributed by atoms with van der Waals surface area (Å²) in [6.07, 6.45) is 1.81. The van der Waals surface area contributed by atoms with Gasteiger partial charge in [-0.05, 0) is 35.0 Å². The summed E-state index contributed by atoms with van der Waals surface area (Å²) in [7, 11) is 1.56. The van der Waals surface area contributed by atoms with Gasteiger partial charge in [0.15, 0.2) is 0 Å². The predicted octanol–water partition coefficient (Wildman–Crippen LogP) is 3.77. The number of ether oxygens (including phenoxy) is 1. The van der Waals surface area contributed by atoms with Gasteiger partial charge in [-0.3, -0.25) is 0 Å². The number of hydrogen-bond donors (Lipinski definition) is 1. The first-order valence-electron chi connectivity index (χ1n) is 8.35. The molecule has 4 rings (SSSR count). The minimum Gasteiger partial charge on any atom is -0.472 e. The number of hydrogen-bond acceptors (Lipinski definition) is 5. The lowest BCUT2D eigenvalue weighted by molar-refractivity contribution is 0.158. The quantitative estimate of drug-likeness (QED) is 0.638. The number of anilines is 1. The molecule has 2 heterocycles. The Morgan fingerprint density at radius 3 is 2.57 bits per heavy atom. The van der Waals surface area contributed by atoms with Gasteiger partial charge in [0.1, 0.15) is 6.61 Å². The van der Waals surface area contributed by atoms with Crippen molar-refractivity contribution in [2.75, 3.05) is 12.2 Å². The van der Waals surface area contributed by atoms with Gasteiger partial charge in [0.05, 0.1) is 11.4 Å². The second-order valence-electron chi connectivity index (χ2n) is 5.99. The molecule has 8 nitrogen and oxygen atoms in total. The number of hydrazine groups is 3. The van der Waals surface area contributed by atoms with Crippen molar-refractivity contribution in [2.45, 2.75) is 6.61 Å². The molecule has 0 radical (unpaired) electrons. The van der Waals surface area contributed by atoms with E-state index in [0.29, 0.717) is 16.6 Å². The maximum Gasteiger partial charge on any atom is 0.354 e. The average molecular weight is 419 g/mol. The number of rotatable bonds is 5. The second-order valence-corrected chi connectivity index (χ2v) is 6.72. The molecule has 0 atom stereocenters. The van der Waals surface area contributed by atoms with Gasteiger partial charge in [-0.2, -0.15) is 5.12 Å². The maximum atomic E-state index is 11.8. The van der Waals surface area contributed by atoms with Crippen LogP contribution in [-0.4, -0.2) is 32.5 Å². The molecule has 1 aliphatic heterocycles. The van der Waals surface area contributed by atoms with Crippen molar-refractivity contribution in [1.29, 1.82) is 0 Å². The number of halogens is 2. The Hall–Kier alpha value is -2.94. The van der Waals surface area contributed by atoms with Crippen molar-refractivity contribution in [3.8, 4) is 11.6 Å². The summed E-state index contributed by atoms with van der Waals surface area (Å²) in [4.78, 5) is 11.8. The van der Waals surface area contributed by atoms with Crippen LogP contribution in [0.5, 0.6) is 5.88 Å². The smallest absolute Gasteiger partial charge is 0.354 e. The van der Waals surface area contributed by atoms with E-state index in [1.54, 1.807) is 36.1 Å². The van der Waals surface area contributed by atoms with Crippen molar-refractivity contribution >= 4 is 35.1 Å². The molecule has 3 aromatic rings. The lowest BCUT2D eigenvalue weighted by atomic mass is 10.2. The van der Waals surface area contributed by atoms with E-state index in [0.717, 1.165) is 15.9 Å². The van der Waals surface area contributed by atoms with Gasteiger partial charge in [-0.1, -0.05) is 29.8 Å². The second kappa shape index (κ2) is 7.59. The summed E-state index contributed by atoms with van der Waals surface area (Å²) in [5, 5.41) is 7.76. The van der Waals surface area contributed by atoms with E-state index in [9.17, 15) is 4.79 Å².